The van der Waals surface area contributed by atoms with Gasteiger partial charge in [-0.2, -0.15) is 10.2 Å². The van der Waals surface area contributed by atoms with Crippen LogP contribution in [0.2, 0.25) is 0 Å². The summed E-state index contributed by atoms with van der Waals surface area (Å²) in [6.07, 6.45) is 1.67. The molecule has 0 saturated heterocycles. The Morgan fingerprint density at radius 3 is 2.83 bits per heavy atom. The molecule has 2 aromatic carbocycles. The van der Waals surface area contributed by atoms with Crippen molar-refractivity contribution in [3.8, 4) is 23.3 Å². The van der Waals surface area contributed by atoms with Crippen molar-refractivity contribution >= 4 is 17.6 Å². The zero-order valence-electron chi connectivity index (χ0n) is 20.1. The Balaban J connectivity index is 1.42. The van der Waals surface area contributed by atoms with Gasteiger partial charge in [0.25, 0.3) is 5.89 Å². The molecule has 2 heterocycles. The minimum atomic E-state index is -0.865. The van der Waals surface area contributed by atoms with Crippen LogP contribution in [0.25, 0.3) is 11.5 Å². The van der Waals surface area contributed by atoms with Gasteiger partial charge in [0.15, 0.2) is 5.82 Å². The fourth-order valence-electron chi connectivity index (χ4n) is 5.54. The maximum Gasteiger partial charge on any atom is 0.303 e. The number of anilines is 1. The largest absolute Gasteiger partial charge is 0.493 e. The molecule has 1 fully saturated rings. The van der Waals surface area contributed by atoms with Crippen molar-refractivity contribution in [3.05, 3.63) is 58.9 Å². The van der Waals surface area contributed by atoms with Crippen molar-refractivity contribution in [1.29, 1.82) is 5.26 Å². The van der Waals surface area contributed by atoms with Crippen LogP contribution in [-0.4, -0.2) is 33.7 Å². The van der Waals surface area contributed by atoms with Gasteiger partial charge in [-0.05, 0) is 68.0 Å². The third kappa shape index (κ3) is 4.09. The number of aliphatic carboxylic acids is 1. The summed E-state index contributed by atoms with van der Waals surface area (Å²) in [5, 5.41) is 25.3. The molecular formula is C27H26N4O5. The number of carbonyl (C=O) groups excluding carboxylic acids is 1. The topological polar surface area (TPSA) is 138 Å². The summed E-state index contributed by atoms with van der Waals surface area (Å²) < 4.78 is 11.3. The van der Waals surface area contributed by atoms with E-state index < -0.39 is 5.97 Å². The van der Waals surface area contributed by atoms with Crippen LogP contribution >= 0.6 is 0 Å². The lowest BCUT2D eigenvalue weighted by Crippen LogP contribution is -2.27. The number of nitrogens with zero attached hydrogens (tertiary/aromatic N) is 3. The standard InChI is InChI=1S/C27H26N4O5/c1-15-24(25(34)30-21-12-17(14-28)6-7-18(21)4-3-5-23(32)33)27(15)10-11-35-22-9-8-19(13-20(22)27)26-29-16(2)31-36-26/h6-9,12-13,15,24H,3-5,10-11H2,1-2H3,(H,30,34)(H,32,33)/t15?,24?,27-/m0/s1. The van der Waals surface area contributed by atoms with E-state index in [0.717, 1.165) is 22.4 Å². The molecule has 1 spiro atoms. The summed E-state index contributed by atoms with van der Waals surface area (Å²) in [5.74, 6) is 0.533. The Morgan fingerprint density at radius 2 is 2.11 bits per heavy atom. The minimum Gasteiger partial charge on any atom is -0.493 e. The minimum absolute atomic E-state index is 0.0366. The molecule has 36 heavy (non-hydrogen) atoms. The normalized spacial score (nSPS) is 21.8. The fourth-order valence-corrected chi connectivity index (χ4v) is 5.54. The Bertz CT molecular complexity index is 1390. The van der Waals surface area contributed by atoms with Gasteiger partial charge in [0.05, 0.1) is 24.2 Å². The molecule has 1 amide bonds. The van der Waals surface area contributed by atoms with E-state index >= 15 is 0 Å². The van der Waals surface area contributed by atoms with Crippen LogP contribution in [-0.2, 0) is 21.4 Å². The number of aryl methyl sites for hydroxylation is 2. The molecule has 2 aliphatic rings. The van der Waals surface area contributed by atoms with E-state index in [1.807, 2.05) is 18.2 Å². The molecule has 0 radical (unpaired) electrons. The second-order valence-electron chi connectivity index (χ2n) is 9.48. The molecule has 2 unspecified atom stereocenters. The van der Waals surface area contributed by atoms with E-state index in [1.54, 1.807) is 25.1 Å². The number of amides is 1. The fraction of sp³-hybridized carbons (Fsp3) is 0.370. The van der Waals surface area contributed by atoms with Crippen molar-refractivity contribution in [1.82, 2.24) is 10.1 Å². The van der Waals surface area contributed by atoms with E-state index in [0.29, 0.717) is 48.8 Å². The number of fused-ring (bicyclic) bond motifs is 2. The molecular weight excluding hydrogens is 460 g/mol. The van der Waals surface area contributed by atoms with Crippen molar-refractivity contribution < 1.29 is 24.0 Å². The Labute approximate surface area is 208 Å². The number of carbonyl (C=O) groups is 2. The second kappa shape index (κ2) is 9.11. The average molecular weight is 487 g/mol. The highest BCUT2D eigenvalue weighted by Crippen LogP contribution is 2.65. The van der Waals surface area contributed by atoms with Crippen LogP contribution in [0, 0.1) is 30.1 Å². The molecule has 184 valence electrons. The first kappa shape index (κ1) is 23.5. The van der Waals surface area contributed by atoms with Gasteiger partial charge in [0.2, 0.25) is 5.91 Å². The van der Waals surface area contributed by atoms with Gasteiger partial charge in [-0.3, -0.25) is 9.59 Å². The predicted octanol–water partition coefficient (Wildman–Crippen LogP) is 4.25. The lowest BCUT2D eigenvalue weighted by molar-refractivity contribution is -0.137. The quantitative estimate of drug-likeness (QED) is 0.505. The van der Waals surface area contributed by atoms with Gasteiger partial charge in [-0.15, -0.1) is 0 Å². The monoisotopic (exact) mass is 486 g/mol. The van der Waals surface area contributed by atoms with Gasteiger partial charge in [-0.25, -0.2) is 0 Å². The highest BCUT2D eigenvalue weighted by atomic mass is 16.5. The summed E-state index contributed by atoms with van der Waals surface area (Å²) in [7, 11) is 0. The van der Waals surface area contributed by atoms with E-state index in [2.05, 4.69) is 28.5 Å². The molecule has 0 bridgehead atoms. The average Bonchev–Trinajstić information content (AvgIpc) is 3.18. The zero-order valence-corrected chi connectivity index (χ0v) is 20.1. The summed E-state index contributed by atoms with van der Waals surface area (Å²) in [6, 6.07) is 13.0. The van der Waals surface area contributed by atoms with Crippen LogP contribution in [0.5, 0.6) is 5.75 Å². The molecule has 1 aliphatic carbocycles. The van der Waals surface area contributed by atoms with Crippen LogP contribution in [0.4, 0.5) is 5.69 Å². The molecule has 9 heteroatoms. The summed E-state index contributed by atoms with van der Waals surface area (Å²) in [4.78, 5) is 28.9. The smallest absolute Gasteiger partial charge is 0.303 e. The van der Waals surface area contributed by atoms with Gasteiger partial charge >= 0.3 is 5.97 Å². The van der Waals surface area contributed by atoms with Gasteiger partial charge < -0.3 is 19.7 Å². The summed E-state index contributed by atoms with van der Waals surface area (Å²) >= 11 is 0. The maximum atomic E-state index is 13.6. The summed E-state index contributed by atoms with van der Waals surface area (Å²) in [5.41, 5.74) is 3.16. The first-order chi connectivity index (χ1) is 17.3. The van der Waals surface area contributed by atoms with E-state index in [1.165, 1.54) is 0 Å². The highest BCUT2D eigenvalue weighted by Gasteiger charge is 2.67. The van der Waals surface area contributed by atoms with E-state index in [9.17, 15) is 14.9 Å². The second-order valence-corrected chi connectivity index (χ2v) is 9.48. The number of hydrogen-bond acceptors (Lipinski definition) is 7. The Morgan fingerprint density at radius 1 is 1.28 bits per heavy atom. The van der Waals surface area contributed by atoms with Crippen LogP contribution in [0.3, 0.4) is 0 Å². The zero-order chi connectivity index (χ0) is 25.4. The molecule has 3 aromatic rings. The Hall–Kier alpha value is -4.19. The van der Waals surface area contributed by atoms with Gasteiger partial charge in [0.1, 0.15) is 5.75 Å². The molecule has 1 saturated carbocycles. The molecule has 1 aliphatic heterocycles. The third-order valence-electron chi connectivity index (χ3n) is 7.40. The number of hydrogen-bond donors (Lipinski definition) is 2. The number of nitrogens with one attached hydrogen (secondary N) is 1. The van der Waals surface area contributed by atoms with Crippen molar-refractivity contribution in [3.63, 3.8) is 0 Å². The number of carboxylic acid groups (broad SMARTS) is 1. The number of carboxylic acids is 1. The lowest BCUT2D eigenvalue weighted by atomic mass is 9.85. The number of rotatable bonds is 7. The number of nitriles is 1. The van der Waals surface area contributed by atoms with Gasteiger partial charge in [0, 0.05) is 28.7 Å². The summed E-state index contributed by atoms with van der Waals surface area (Å²) in [6.45, 7) is 4.35. The molecule has 9 nitrogen and oxygen atoms in total. The Kier molecular flexibility index (Phi) is 5.96. The van der Waals surface area contributed by atoms with E-state index in [-0.39, 0.29) is 29.6 Å². The van der Waals surface area contributed by atoms with Crippen molar-refractivity contribution in [2.24, 2.45) is 11.8 Å². The first-order valence-electron chi connectivity index (χ1n) is 12.0. The van der Waals surface area contributed by atoms with Crippen molar-refractivity contribution in [2.45, 2.75) is 44.9 Å². The highest BCUT2D eigenvalue weighted by molar-refractivity contribution is 5.97. The van der Waals surface area contributed by atoms with Crippen LogP contribution in [0.1, 0.15) is 48.7 Å². The number of benzene rings is 2. The maximum absolute atomic E-state index is 13.6. The van der Waals surface area contributed by atoms with E-state index in [4.69, 9.17) is 14.4 Å². The van der Waals surface area contributed by atoms with Crippen LogP contribution in [0.15, 0.2) is 40.9 Å². The number of aromatic nitrogens is 2. The molecule has 2 N–H and O–H groups in total. The molecule has 1 aromatic heterocycles. The first-order valence-corrected chi connectivity index (χ1v) is 12.0. The molecule has 5 rings (SSSR count). The number of ether oxygens (including phenoxy) is 1. The third-order valence-corrected chi connectivity index (χ3v) is 7.40. The lowest BCUT2D eigenvalue weighted by Gasteiger charge is -2.28. The van der Waals surface area contributed by atoms with Crippen LogP contribution < -0.4 is 10.1 Å². The molecule has 3 atom stereocenters. The van der Waals surface area contributed by atoms with Gasteiger partial charge in [-0.1, -0.05) is 18.1 Å². The SMILES string of the molecule is Cc1noc(-c2ccc3c(c2)[C@]2(CCO3)C(C)C2C(=O)Nc2cc(C#N)ccc2CCCC(=O)O)n1. The predicted molar refractivity (Wildman–Crippen MR) is 129 cm³/mol. The van der Waals surface area contributed by atoms with Crippen molar-refractivity contribution in [2.75, 3.05) is 11.9 Å².